The highest BCUT2D eigenvalue weighted by Crippen LogP contribution is 1.71. The van der Waals surface area contributed by atoms with Crippen LogP contribution in [0.2, 0.25) is 0 Å². The van der Waals surface area contributed by atoms with Crippen molar-refractivity contribution in [3.8, 4) is 0 Å². The third-order valence-corrected chi connectivity index (χ3v) is 0.325. The van der Waals surface area contributed by atoms with Gasteiger partial charge < -0.3 is 10.8 Å². The third-order valence-electron chi connectivity index (χ3n) is 0.325. The van der Waals surface area contributed by atoms with Crippen molar-refractivity contribution in [1.82, 2.24) is 0 Å². The highest BCUT2D eigenvalue weighted by molar-refractivity contribution is 5.92. The molecule has 0 unspecified atom stereocenters. The summed E-state index contributed by atoms with van der Waals surface area (Å²) in [5.74, 6) is -2.00. The lowest BCUT2D eigenvalue weighted by atomic mass is 10.4. The molecule has 9 heavy (non-hydrogen) atoms. The number of nitrogens with two attached hydrogens (primary N) is 1. The van der Waals surface area contributed by atoms with Crippen LogP contribution in [0.25, 0.3) is 0 Å². The van der Waals surface area contributed by atoms with Gasteiger partial charge in [0.25, 0.3) is 0 Å². The quantitative estimate of drug-likeness (QED) is 0.400. The number of aliphatic carboxylic acids is 1. The predicted octanol–water partition coefficient (Wildman–Crippen LogP) is -0.251. The molecule has 4 heteroatoms. The molecule has 4 nitrogen and oxygen atoms in total. The summed E-state index contributed by atoms with van der Waals surface area (Å²) in [6.07, 6.45) is -0.583. The topological polar surface area (TPSA) is 80.4 Å². The number of rotatable bonds is 2. The predicted molar refractivity (Wildman–Crippen MR) is 32.7 cm³/mol. The smallest absolute Gasteiger partial charge is 0.312 e. The zero-order chi connectivity index (χ0) is 7.86. The van der Waals surface area contributed by atoms with Gasteiger partial charge >= 0.3 is 5.97 Å². The van der Waals surface area contributed by atoms with Gasteiger partial charge in [0.2, 0.25) is 5.91 Å². The van der Waals surface area contributed by atoms with E-state index in [0.717, 1.165) is 0 Å². The second kappa shape index (κ2) is 6.68. The number of carbonyl (C=O) groups excluding carboxylic acids is 1. The molecule has 0 aromatic heterocycles. The van der Waals surface area contributed by atoms with E-state index in [1.807, 2.05) is 0 Å². The SMILES string of the molecule is C=C.NC(=O)CC(=O)O. The van der Waals surface area contributed by atoms with Gasteiger partial charge in [0.05, 0.1) is 0 Å². The zero-order valence-electron chi connectivity index (χ0n) is 4.96. The number of carboxylic acids is 1. The van der Waals surface area contributed by atoms with Crippen molar-refractivity contribution in [3.05, 3.63) is 13.2 Å². The van der Waals surface area contributed by atoms with Crippen LogP contribution in [0.5, 0.6) is 0 Å². The normalized spacial score (nSPS) is 6.67. The van der Waals surface area contributed by atoms with Gasteiger partial charge in [-0.2, -0.15) is 0 Å². The molecule has 0 spiro atoms. The minimum Gasteiger partial charge on any atom is -0.481 e. The second-order valence-electron chi connectivity index (χ2n) is 1.04. The Hall–Kier alpha value is -1.32. The van der Waals surface area contributed by atoms with E-state index in [9.17, 15) is 9.59 Å². The molecular weight excluding hydrogens is 122 g/mol. The summed E-state index contributed by atoms with van der Waals surface area (Å²) in [5.41, 5.74) is 4.47. The van der Waals surface area contributed by atoms with Gasteiger partial charge in [0.1, 0.15) is 6.42 Å². The Morgan fingerprint density at radius 1 is 1.44 bits per heavy atom. The van der Waals surface area contributed by atoms with E-state index in [-0.39, 0.29) is 0 Å². The first-order valence-electron chi connectivity index (χ1n) is 2.13. The second-order valence-corrected chi connectivity index (χ2v) is 1.04. The van der Waals surface area contributed by atoms with E-state index >= 15 is 0 Å². The summed E-state index contributed by atoms with van der Waals surface area (Å²) in [5, 5.41) is 7.78. The van der Waals surface area contributed by atoms with Gasteiger partial charge in [-0.05, 0) is 0 Å². The standard InChI is InChI=1S/C3H5NO3.C2H4/c4-2(5)1-3(6)7;1-2/h1H2,(H2,4,5)(H,6,7);1-2H2. The molecule has 3 N–H and O–H groups in total. The first-order valence-corrected chi connectivity index (χ1v) is 2.13. The lowest BCUT2D eigenvalue weighted by Crippen LogP contribution is -2.15. The number of amides is 1. The molecule has 0 aliphatic carbocycles. The largest absolute Gasteiger partial charge is 0.481 e. The highest BCUT2D eigenvalue weighted by Gasteiger charge is 1.99. The number of primary amides is 1. The summed E-state index contributed by atoms with van der Waals surface area (Å²) >= 11 is 0. The van der Waals surface area contributed by atoms with Gasteiger partial charge in [-0.3, -0.25) is 9.59 Å². The Morgan fingerprint density at radius 2 is 1.78 bits per heavy atom. The zero-order valence-corrected chi connectivity index (χ0v) is 4.96. The van der Waals surface area contributed by atoms with Crippen LogP contribution in [0, 0.1) is 0 Å². The third kappa shape index (κ3) is 20.4. The van der Waals surface area contributed by atoms with Gasteiger partial charge in [-0.25, -0.2) is 0 Å². The maximum atomic E-state index is 9.65. The van der Waals surface area contributed by atoms with Crippen molar-refractivity contribution >= 4 is 11.9 Å². The van der Waals surface area contributed by atoms with Gasteiger partial charge in [0, 0.05) is 0 Å². The van der Waals surface area contributed by atoms with Crippen LogP contribution >= 0.6 is 0 Å². The van der Waals surface area contributed by atoms with Crippen LogP contribution in [0.3, 0.4) is 0 Å². The molecule has 0 saturated carbocycles. The van der Waals surface area contributed by atoms with Crippen molar-refractivity contribution in [2.24, 2.45) is 5.73 Å². The summed E-state index contributed by atoms with van der Waals surface area (Å²) in [6, 6.07) is 0. The summed E-state index contributed by atoms with van der Waals surface area (Å²) in [6.45, 7) is 6.00. The number of hydrogen-bond donors (Lipinski definition) is 2. The molecule has 0 bridgehead atoms. The van der Waals surface area contributed by atoms with E-state index in [4.69, 9.17) is 5.11 Å². The molecule has 0 radical (unpaired) electrons. The van der Waals surface area contributed by atoms with Crippen molar-refractivity contribution in [2.75, 3.05) is 0 Å². The van der Waals surface area contributed by atoms with Crippen molar-refractivity contribution in [1.29, 1.82) is 0 Å². The highest BCUT2D eigenvalue weighted by atomic mass is 16.4. The van der Waals surface area contributed by atoms with Crippen LogP contribution in [-0.4, -0.2) is 17.0 Å². The Kier molecular flexibility index (Phi) is 7.88. The maximum absolute atomic E-state index is 9.65. The molecule has 0 rings (SSSR count). The average molecular weight is 131 g/mol. The van der Waals surface area contributed by atoms with E-state index in [1.54, 1.807) is 0 Å². The van der Waals surface area contributed by atoms with Crippen LogP contribution in [0.1, 0.15) is 6.42 Å². The molecular formula is C5H9NO3. The number of carbonyl (C=O) groups is 2. The van der Waals surface area contributed by atoms with Crippen LogP contribution < -0.4 is 5.73 Å². The molecule has 0 aliphatic rings. The van der Waals surface area contributed by atoms with Crippen molar-refractivity contribution in [3.63, 3.8) is 0 Å². The van der Waals surface area contributed by atoms with Crippen LogP contribution in [0.4, 0.5) is 0 Å². The van der Waals surface area contributed by atoms with Gasteiger partial charge in [-0.1, -0.05) is 0 Å². The number of carboxylic acid groups (broad SMARTS) is 1. The molecule has 0 atom stereocenters. The fourth-order valence-corrected chi connectivity index (χ4v) is 0.149. The van der Waals surface area contributed by atoms with E-state index < -0.39 is 18.3 Å². The first kappa shape index (κ1) is 10.6. The number of hydrogen-bond acceptors (Lipinski definition) is 2. The van der Waals surface area contributed by atoms with Crippen LogP contribution in [-0.2, 0) is 9.59 Å². The molecule has 1 amide bonds. The first-order chi connectivity index (χ1) is 4.13. The summed E-state index contributed by atoms with van der Waals surface area (Å²) in [4.78, 5) is 19.2. The Balaban J connectivity index is 0. The summed E-state index contributed by atoms with van der Waals surface area (Å²) in [7, 11) is 0. The molecule has 0 saturated heterocycles. The van der Waals surface area contributed by atoms with E-state index in [0.29, 0.717) is 0 Å². The monoisotopic (exact) mass is 131 g/mol. The lowest BCUT2D eigenvalue weighted by molar-refractivity contribution is -0.139. The fourth-order valence-electron chi connectivity index (χ4n) is 0.149. The van der Waals surface area contributed by atoms with Crippen LogP contribution in [0.15, 0.2) is 13.2 Å². The van der Waals surface area contributed by atoms with E-state index in [1.165, 1.54) is 0 Å². The van der Waals surface area contributed by atoms with Crippen molar-refractivity contribution < 1.29 is 14.7 Å². The molecule has 0 aromatic carbocycles. The van der Waals surface area contributed by atoms with E-state index in [2.05, 4.69) is 18.9 Å². The lowest BCUT2D eigenvalue weighted by Gasteiger charge is -1.81. The summed E-state index contributed by atoms with van der Waals surface area (Å²) < 4.78 is 0. The minimum absolute atomic E-state index is 0.583. The molecule has 0 fully saturated rings. The molecule has 0 aromatic rings. The molecule has 0 heterocycles. The van der Waals surface area contributed by atoms with Gasteiger partial charge in [0.15, 0.2) is 0 Å². The Labute approximate surface area is 53.0 Å². The maximum Gasteiger partial charge on any atom is 0.312 e. The molecule has 0 aliphatic heterocycles. The van der Waals surface area contributed by atoms with Crippen molar-refractivity contribution in [2.45, 2.75) is 6.42 Å². The Bertz CT molecular complexity index is 98.8. The fraction of sp³-hybridized carbons (Fsp3) is 0.200. The van der Waals surface area contributed by atoms with Gasteiger partial charge in [-0.15, -0.1) is 13.2 Å². The average Bonchev–Trinajstić information content (AvgIpc) is 1.68. The Morgan fingerprint density at radius 3 is 1.78 bits per heavy atom. The minimum atomic E-state index is -1.19. The molecule has 52 valence electrons.